The van der Waals surface area contributed by atoms with Gasteiger partial charge in [0.05, 0.1) is 5.01 Å². The molecule has 3 aromatic rings. The first-order chi connectivity index (χ1) is 14.9. The fourth-order valence-electron chi connectivity index (χ4n) is 2.92. The van der Waals surface area contributed by atoms with Crippen LogP contribution in [0.2, 0.25) is 4.47 Å². The third kappa shape index (κ3) is 4.97. The summed E-state index contributed by atoms with van der Waals surface area (Å²) in [5.41, 5.74) is 1.28. The summed E-state index contributed by atoms with van der Waals surface area (Å²) in [5, 5.41) is 8.08. The van der Waals surface area contributed by atoms with Gasteiger partial charge in [0.1, 0.15) is 11.4 Å². The lowest BCUT2D eigenvalue weighted by molar-refractivity contribution is 0.0947. The van der Waals surface area contributed by atoms with Crippen LogP contribution < -0.4 is 20.1 Å². The maximum absolute atomic E-state index is 12.5. The highest BCUT2D eigenvalue weighted by Gasteiger charge is 2.20. The molecule has 0 unspecified atom stereocenters. The molecule has 31 heavy (non-hydrogen) atoms. The molecule has 2 N–H and O–H groups in total. The first-order valence-electron chi connectivity index (χ1n) is 9.50. The third-order valence-electron chi connectivity index (χ3n) is 4.41. The summed E-state index contributed by atoms with van der Waals surface area (Å²) in [6, 6.07) is 5.19. The van der Waals surface area contributed by atoms with Gasteiger partial charge < -0.3 is 20.1 Å². The Morgan fingerprint density at radius 3 is 2.81 bits per heavy atom. The fourth-order valence-corrected chi connectivity index (χ4v) is 4.83. The van der Waals surface area contributed by atoms with E-state index in [1.807, 2.05) is 13.8 Å². The Kier molecular flexibility index (Phi) is 6.40. The largest absolute Gasteiger partial charge is 0.454 e. The Bertz CT molecular complexity index is 1130. The van der Waals surface area contributed by atoms with Gasteiger partial charge in [0.15, 0.2) is 16.0 Å². The van der Waals surface area contributed by atoms with Crippen LogP contribution in [0.4, 0.5) is 5.69 Å². The number of nitrogens with zero attached hydrogens (tertiary/aromatic N) is 2. The molecule has 162 valence electrons. The van der Waals surface area contributed by atoms with E-state index in [1.54, 1.807) is 23.6 Å². The second-order valence-electron chi connectivity index (χ2n) is 6.99. The van der Waals surface area contributed by atoms with E-state index in [2.05, 4.69) is 20.6 Å². The number of hydrogen-bond donors (Lipinski definition) is 2. The highest BCUT2D eigenvalue weighted by Crippen LogP contribution is 2.34. The first-order valence-corrected chi connectivity index (χ1v) is 11.6. The number of carbonyl (C=O) groups excluding carboxylic acids is 2. The number of halogens is 1. The number of nitrogens with one attached hydrogen (secondary N) is 2. The Hall–Kier alpha value is -2.69. The maximum Gasteiger partial charge on any atom is 0.275 e. The number of carbonyl (C=O) groups is 2. The van der Waals surface area contributed by atoms with Gasteiger partial charge in [0, 0.05) is 35.0 Å². The van der Waals surface area contributed by atoms with Gasteiger partial charge in [-0.05, 0) is 18.1 Å². The van der Waals surface area contributed by atoms with Crippen molar-refractivity contribution in [3.8, 4) is 11.5 Å². The highest BCUT2D eigenvalue weighted by molar-refractivity contribution is 7.16. The standard InChI is InChI=1S/C20H19ClN4O4S2/c1-10(2)17-16(25-20(21)31-17)19(27)22-6-5-15-24-12(8-30-15)18(26)23-11-3-4-13-14(7-11)29-9-28-13/h3-4,7-8,10H,5-6,9H2,1-2H3,(H,22,27)(H,23,26). The van der Waals surface area contributed by atoms with Crippen LogP contribution in [0.1, 0.15) is 50.6 Å². The minimum atomic E-state index is -0.316. The maximum atomic E-state index is 12.5. The minimum absolute atomic E-state index is 0.163. The molecule has 2 amide bonds. The number of benzene rings is 1. The van der Waals surface area contributed by atoms with Crippen molar-refractivity contribution in [3.63, 3.8) is 0 Å². The van der Waals surface area contributed by atoms with Crippen LogP contribution in [-0.4, -0.2) is 35.1 Å². The number of amides is 2. The lowest BCUT2D eigenvalue weighted by Gasteiger charge is -2.06. The predicted molar refractivity (Wildman–Crippen MR) is 120 cm³/mol. The zero-order valence-corrected chi connectivity index (χ0v) is 19.1. The number of hydrogen-bond acceptors (Lipinski definition) is 8. The molecule has 1 aliphatic rings. The summed E-state index contributed by atoms with van der Waals surface area (Å²) in [4.78, 5) is 34.3. The fraction of sp³-hybridized carbons (Fsp3) is 0.300. The summed E-state index contributed by atoms with van der Waals surface area (Å²) >= 11 is 8.65. The Labute approximate surface area is 191 Å². The number of fused-ring (bicyclic) bond motifs is 1. The van der Waals surface area contributed by atoms with Crippen molar-refractivity contribution in [3.05, 3.63) is 49.3 Å². The monoisotopic (exact) mass is 478 g/mol. The summed E-state index contributed by atoms with van der Waals surface area (Å²) in [6.45, 7) is 4.54. The van der Waals surface area contributed by atoms with Crippen LogP contribution in [0.25, 0.3) is 0 Å². The number of anilines is 1. The molecule has 1 aliphatic heterocycles. The van der Waals surface area contributed by atoms with Crippen molar-refractivity contribution in [2.75, 3.05) is 18.7 Å². The van der Waals surface area contributed by atoms with Crippen molar-refractivity contribution in [2.24, 2.45) is 0 Å². The van der Waals surface area contributed by atoms with E-state index in [0.717, 1.165) is 9.88 Å². The van der Waals surface area contributed by atoms with Gasteiger partial charge >= 0.3 is 0 Å². The zero-order valence-electron chi connectivity index (χ0n) is 16.7. The van der Waals surface area contributed by atoms with Crippen molar-refractivity contribution in [2.45, 2.75) is 26.2 Å². The molecular formula is C20H19ClN4O4S2. The molecule has 0 saturated carbocycles. The van der Waals surface area contributed by atoms with Gasteiger partial charge in [0.2, 0.25) is 6.79 Å². The van der Waals surface area contributed by atoms with Crippen LogP contribution in [0.5, 0.6) is 11.5 Å². The molecule has 0 spiro atoms. The predicted octanol–water partition coefficient (Wildman–Crippen LogP) is 4.33. The first kappa shape index (κ1) is 21.5. The molecule has 0 radical (unpaired) electrons. The van der Waals surface area contributed by atoms with Crippen molar-refractivity contribution < 1.29 is 19.1 Å². The minimum Gasteiger partial charge on any atom is -0.454 e. The van der Waals surface area contributed by atoms with Gasteiger partial charge in [-0.15, -0.1) is 22.7 Å². The summed E-state index contributed by atoms with van der Waals surface area (Å²) < 4.78 is 10.9. The molecule has 1 aromatic carbocycles. The average Bonchev–Trinajstić information content (AvgIpc) is 3.46. The van der Waals surface area contributed by atoms with Crippen molar-refractivity contribution >= 4 is 51.8 Å². The van der Waals surface area contributed by atoms with E-state index in [0.29, 0.717) is 46.0 Å². The molecule has 2 aromatic heterocycles. The average molecular weight is 479 g/mol. The van der Waals surface area contributed by atoms with Crippen molar-refractivity contribution in [1.29, 1.82) is 0 Å². The van der Waals surface area contributed by atoms with Crippen molar-refractivity contribution in [1.82, 2.24) is 15.3 Å². The lowest BCUT2D eigenvalue weighted by Crippen LogP contribution is -2.27. The number of ether oxygens (including phenoxy) is 2. The van der Waals surface area contributed by atoms with Gasteiger partial charge in [-0.25, -0.2) is 9.97 Å². The van der Waals surface area contributed by atoms with E-state index < -0.39 is 0 Å². The molecule has 11 heteroatoms. The SMILES string of the molecule is CC(C)c1sc(Cl)nc1C(=O)NCCc1nc(C(=O)Nc2ccc3c(c2)OCO3)cs1. The summed E-state index contributed by atoms with van der Waals surface area (Å²) in [7, 11) is 0. The molecule has 4 rings (SSSR count). The smallest absolute Gasteiger partial charge is 0.275 e. The molecule has 0 aliphatic carbocycles. The number of thiazole rings is 2. The second kappa shape index (κ2) is 9.21. The van der Waals surface area contributed by atoms with Crippen LogP contribution in [0.3, 0.4) is 0 Å². The molecule has 0 fully saturated rings. The molecule has 8 nitrogen and oxygen atoms in total. The van der Waals surface area contributed by atoms with Crippen LogP contribution in [-0.2, 0) is 6.42 Å². The molecule has 0 saturated heterocycles. The van der Waals surface area contributed by atoms with Crippen LogP contribution >= 0.6 is 34.3 Å². The van der Waals surface area contributed by atoms with Gasteiger partial charge in [-0.3, -0.25) is 9.59 Å². The summed E-state index contributed by atoms with van der Waals surface area (Å²) in [6.07, 6.45) is 0.503. The van der Waals surface area contributed by atoms with Gasteiger partial charge in [-0.1, -0.05) is 25.4 Å². The van der Waals surface area contributed by atoms with E-state index in [1.165, 1.54) is 22.7 Å². The van der Waals surface area contributed by atoms with E-state index in [-0.39, 0.29) is 24.5 Å². The number of rotatable bonds is 7. The van der Waals surface area contributed by atoms with Crippen LogP contribution in [0.15, 0.2) is 23.6 Å². The quantitative estimate of drug-likeness (QED) is 0.524. The summed E-state index contributed by atoms with van der Waals surface area (Å²) in [5.74, 6) is 0.828. The Balaban J connectivity index is 1.31. The van der Waals surface area contributed by atoms with Gasteiger partial charge in [-0.2, -0.15) is 0 Å². The molecule has 3 heterocycles. The normalized spacial score (nSPS) is 12.3. The zero-order chi connectivity index (χ0) is 22.0. The molecule has 0 atom stereocenters. The number of aromatic nitrogens is 2. The molecule has 0 bridgehead atoms. The van der Waals surface area contributed by atoms with E-state index in [4.69, 9.17) is 21.1 Å². The Morgan fingerprint density at radius 2 is 2.00 bits per heavy atom. The van der Waals surface area contributed by atoms with E-state index >= 15 is 0 Å². The second-order valence-corrected chi connectivity index (χ2v) is 9.54. The lowest BCUT2D eigenvalue weighted by atomic mass is 10.1. The molecular weight excluding hydrogens is 460 g/mol. The van der Waals surface area contributed by atoms with E-state index in [9.17, 15) is 9.59 Å². The third-order valence-corrected chi connectivity index (χ3v) is 6.77. The van der Waals surface area contributed by atoms with Crippen LogP contribution in [0, 0.1) is 0 Å². The van der Waals surface area contributed by atoms with Gasteiger partial charge in [0.25, 0.3) is 11.8 Å². The highest BCUT2D eigenvalue weighted by atomic mass is 35.5. The Morgan fingerprint density at radius 1 is 1.19 bits per heavy atom. The topological polar surface area (TPSA) is 102 Å².